The quantitative estimate of drug-likeness (QED) is 0.440. The number of hydrogen-bond acceptors (Lipinski definition) is 8. The van der Waals surface area contributed by atoms with Gasteiger partial charge in [0.05, 0.1) is 4.91 Å². The molecule has 9 nitrogen and oxygen atoms in total. The van der Waals surface area contributed by atoms with E-state index in [1.807, 2.05) is 0 Å². The molecule has 0 bridgehead atoms. The van der Waals surface area contributed by atoms with E-state index in [0.717, 1.165) is 16.7 Å². The molecule has 3 aromatic rings. The van der Waals surface area contributed by atoms with Gasteiger partial charge in [0.25, 0.3) is 17.1 Å². The molecular weight excluding hydrogens is 524 g/mol. The zero-order chi connectivity index (χ0) is 24.2. The standard InChI is InChI=1S/C23H17BrN4O5S/c1-28-22(31)19(34-23(28)32)9-14-8-18(17(29)10-15(14)24)33-12-13-5-6-20(26-11-13)27-21(30)16-4-2-3-7-25-16/h2-11,29H,12H2,1H3,(H,26,27,30)/b19-9-. The summed E-state index contributed by atoms with van der Waals surface area (Å²) >= 11 is 4.19. The van der Waals surface area contributed by atoms with Gasteiger partial charge < -0.3 is 15.2 Å². The maximum Gasteiger partial charge on any atom is 0.293 e. The van der Waals surface area contributed by atoms with E-state index < -0.39 is 5.91 Å². The number of nitrogens with zero attached hydrogens (tertiary/aromatic N) is 3. The molecule has 1 aromatic carbocycles. The van der Waals surface area contributed by atoms with Crippen LogP contribution in [0.25, 0.3) is 6.08 Å². The van der Waals surface area contributed by atoms with Crippen molar-refractivity contribution in [2.45, 2.75) is 6.61 Å². The van der Waals surface area contributed by atoms with Crippen LogP contribution in [-0.2, 0) is 11.4 Å². The normalized spacial score (nSPS) is 14.5. The number of thioether (sulfide) groups is 1. The largest absolute Gasteiger partial charge is 0.504 e. The zero-order valence-corrected chi connectivity index (χ0v) is 20.1. The van der Waals surface area contributed by atoms with E-state index in [1.165, 1.54) is 19.3 Å². The first-order chi connectivity index (χ1) is 16.3. The van der Waals surface area contributed by atoms with Crippen LogP contribution in [0.5, 0.6) is 11.5 Å². The molecule has 2 N–H and O–H groups in total. The molecule has 11 heteroatoms. The smallest absolute Gasteiger partial charge is 0.293 e. The van der Waals surface area contributed by atoms with Crippen LogP contribution in [0.4, 0.5) is 10.6 Å². The Hall–Kier alpha value is -3.70. The van der Waals surface area contributed by atoms with Crippen LogP contribution in [0, 0.1) is 0 Å². The summed E-state index contributed by atoms with van der Waals surface area (Å²) in [5, 5.41) is 12.6. The maximum absolute atomic E-state index is 12.2. The number of aromatic nitrogens is 2. The van der Waals surface area contributed by atoms with Crippen molar-refractivity contribution in [3.8, 4) is 11.5 Å². The fourth-order valence-electron chi connectivity index (χ4n) is 2.89. The highest BCUT2D eigenvalue weighted by atomic mass is 79.9. The Bertz CT molecular complexity index is 1300. The van der Waals surface area contributed by atoms with Gasteiger partial charge in [0.15, 0.2) is 11.5 Å². The molecule has 1 fully saturated rings. The third-order valence-electron chi connectivity index (χ3n) is 4.71. The summed E-state index contributed by atoms with van der Waals surface area (Å²) in [6.07, 6.45) is 4.64. The Labute approximate surface area is 207 Å². The van der Waals surface area contributed by atoms with Crippen molar-refractivity contribution in [2.75, 3.05) is 12.4 Å². The van der Waals surface area contributed by atoms with Gasteiger partial charge in [0.1, 0.15) is 18.1 Å². The van der Waals surface area contributed by atoms with Crippen LogP contribution >= 0.6 is 27.7 Å². The molecule has 34 heavy (non-hydrogen) atoms. The molecule has 1 aliphatic heterocycles. The molecule has 0 radical (unpaired) electrons. The number of halogens is 1. The van der Waals surface area contributed by atoms with Gasteiger partial charge in [-0.25, -0.2) is 4.98 Å². The molecular formula is C23H17BrN4O5S. The number of phenols is 1. The average Bonchev–Trinajstić information content (AvgIpc) is 3.08. The second kappa shape index (κ2) is 10.1. The number of hydrogen-bond donors (Lipinski definition) is 2. The Morgan fingerprint density at radius 3 is 2.71 bits per heavy atom. The van der Waals surface area contributed by atoms with Crippen LogP contribution in [0.1, 0.15) is 21.6 Å². The van der Waals surface area contributed by atoms with E-state index in [2.05, 4.69) is 31.2 Å². The lowest BCUT2D eigenvalue weighted by atomic mass is 10.2. The Balaban J connectivity index is 1.43. The minimum absolute atomic E-state index is 0.0974. The summed E-state index contributed by atoms with van der Waals surface area (Å²) < 4.78 is 6.27. The molecule has 0 spiro atoms. The number of anilines is 1. The first-order valence-electron chi connectivity index (χ1n) is 9.86. The van der Waals surface area contributed by atoms with Crippen LogP contribution in [0.15, 0.2) is 64.2 Å². The number of ether oxygens (including phenoxy) is 1. The van der Waals surface area contributed by atoms with Crippen LogP contribution in [0.2, 0.25) is 0 Å². The first kappa shape index (κ1) is 23.5. The minimum atomic E-state index is -0.390. The van der Waals surface area contributed by atoms with E-state index >= 15 is 0 Å². The number of likely N-dealkylation sites (N-methyl/N-ethyl adjacent to an activating group) is 1. The zero-order valence-electron chi connectivity index (χ0n) is 17.7. The molecule has 1 aliphatic rings. The molecule has 2 aromatic heterocycles. The van der Waals surface area contributed by atoms with Crippen molar-refractivity contribution in [3.05, 3.63) is 81.1 Å². The van der Waals surface area contributed by atoms with Gasteiger partial charge in [-0.2, -0.15) is 0 Å². The lowest BCUT2D eigenvalue weighted by Gasteiger charge is -2.11. The van der Waals surface area contributed by atoms with E-state index in [-0.39, 0.29) is 39.9 Å². The van der Waals surface area contributed by atoms with Crippen LogP contribution < -0.4 is 10.1 Å². The van der Waals surface area contributed by atoms with E-state index in [9.17, 15) is 19.5 Å². The van der Waals surface area contributed by atoms with Gasteiger partial charge >= 0.3 is 0 Å². The molecule has 0 atom stereocenters. The third kappa shape index (κ3) is 5.26. The second-order valence-corrected chi connectivity index (χ2v) is 8.94. The number of rotatable bonds is 6. The number of aromatic hydroxyl groups is 1. The molecule has 172 valence electrons. The lowest BCUT2D eigenvalue weighted by Crippen LogP contribution is -2.22. The summed E-state index contributed by atoms with van der Waals surface area (Å²) in [7, 11) is 1.42. The van der Waals surface area contributed by atoms with E-state index in [4.69, 9.17) is 4.74 Å². The number of carbonyl (C=O) groups is 3. The fraction of sp³-hybridized carbons (Fsp3) is 0.0870. The summed E-state index contributed by atoms with van der Waals surface area (Å²) in [5.74, 6) is -0.306. The maximum atomic E-state index is 12.2. The van der Waals surface area contributed by atoms with Crippen molar-refractivity contribution in [2.24, 2.45) is 0 Å². The van der Waals surface area contributed by atoms with E-state index in [0.29, 0.717) is 21.4 Å². The monoisotopic (exact) mass is 540 g/mol. The SMILES string of the molecule is CN1C(=O)S/C(=C\c2cc(OCc3ccc(NC(=O)c4ccccn4)nc3)c(O)cc2Br)C1=O. The Morgan fingerprint density at radius 2 is 2.06 bits per heavy atom. The van der Waals surface area contributed by atoms with Gasteiger partial charge in [-0.15, -0.1) is 0 Å². The fourth-order valence-corrected chi connectivity index (χ4v) is 4.16. The van der Waals surface area contributed by atoms with E-state index in [1.54, 1.807) is 48.7 Å². The number of pyridine rings is 2. The molecule has 1 saturated heterocycles. The molecule has 0 aliphatic carbocycles. The number of imide groups is 1. The highest BCUT2D eigenvalue weighted by Gasteiger charge is 2.32. The predicted octanol–water partition coefficient (Wildman–Crippen LogP) is 4.44. The Kier molecular flexibility index (Phi) is 6.94. The second-order valence-electron chi connectivity index (χ2n) is 7.09. The van der Waals surface area contributed by atoms with Crippen LogP contribution in [0.3, 0.4) is 0 Å². The van der Waals surface area contributed by atoms with Crippen LogP contribution in [-0.4, -0.2) is 44.1 Å². The van der Waals surface area contributed by atoms with Gasteiger partial charge in [-0.3, -0.25) is 24.3 Å². The number of benzene rings is 1. The topological polar surface area (TPSA) is 122 Å². The number of carbonyl (C=O) groups excluding carboxylic acids is 3. The van der Waals surface area contributed by atoms with Crippen molar-refractivity contribution in [3.63, 3.8) is 0 Å². The number of nitrogens with one attached hydrogen (secondary N) is 1. The minimum Gasteiger partial charge on any atom is -0.504 e. The van der Waals surface area contributed by atoms with Gasteiger partial charge in [0.2, 0.25) is 0 Å². The molecule has 0 unspecified atom stereocenters. The average molecular weight is 541 g/mol. The summed E-state index contributed by atoms with van der Waals surface area (Å²) in [6.45, 7) is 0.0988. The van der Waals surface area contributed by atoms with Crippen molar-refractivity contribution in [1.29, 1.82) is 0 Å². The van der Waals surface area contributed by atoms with Crippen molar-refractivity contribution >= 4 is 56.6 Å². The molecule has 0 saturated carbocycles. The lowest BCUT2D eigenvalue weighted by molar-refractivity contribution is -0.121. The summed E-state index contributed by atoms with van der Waals surface area (Å²) in [5.41, 5.74) is 1.55. The van der Waals surface area contributed by atoms with Gasteiger partial charge in [-0.1, -0.05) is 28.1 Å². The molecule has 3 heterocycles. The third-order valence-corrected chi connectivity index (χ3v) is 6.36. The first-order valence-corrected chi connectivity index (χ1v) is 11.5. The molecule has 4 rings (SSSR count). The summed E-state index contributed by atoms with van der Waals surface area (Å²) in [6, 6.07) is 11.4. The predicted molar refractivity (Wildman–Crippen MR) is 130 cm³/mol. The Morgan fingerprint density at radius 1 is 1.24 bits per heavy atom. The molecule has 3 amide bonds. The van der Waals surface area contributed by atoms with Gasteiger partial charge in [-0.05, 0) is 53.7 Å². The van der Waals surface area contributed by atoms with Crippen molar-refractivity contribution < 1.29 is 24.2 Å². The van der Waals surface area contributed by atoms with Crippen molar-refractivity contribution in [1.82, 2.24) is 14.9 Å². The summed E-state index contributed by atoms with van der Waals surface area (Å²) in [4.78, 5) is 45.6. The number of phenolic OH excluding ortho intramolecular Hbond substituents is 1. The number of amides is 3. The highest BCUT2D eigenvalue weighted by Crippen LogP contribution is 2.37. The van der Waals surface area contributed by atoms with Gasteiger partial charge in [0, 0.05) is 29.5 Å². The highest BCUT2D eigenvalue weighted by molar-refractivity contribution is 9.10.